The second-order valence-corrected chi connectivity index (χ2v) is 5.20. The smallest absolute Gasteiger partial charge is 0.123 e. The molecule has 0 aromatic heterocycles. The van der Waals surface area contributed by atoms with E-state index in [9.17, 15) is 5.11 Å². The summed E-state index contributed by atoms with van der Waals surface area (Å²) in [5, 5.41) is 9.56. The molecule has 1 aliphatic carbocycles. The fourth-order valence-corrected chi connectivity index (χ4v) is 2.52. The molecule has 1 saturated carbocycles. The first-order valence-corrected chi connectivity index (χ1v) is 6.89. The van der Waals surface area contributed by atoms with Crippen LogP contribution in [0, 0.1) is 5.92 Å². The van der Waals surface area contributed by atoms with Crippen LogP contribution >= 0.6 is 0 Å². The third-order valence-corrected chi connectivity index (χ3v) is 3.70. The van der Waals surface area contributed by atoms with E-state index in [1.807, 2.05) is 12.1 Å². The molecule has 1 aromatic rings. The van der Waals surface area contributed by atoms with Crippen LogP contribution in [0.25, 0.3) is 6.08 Å². The van der Waals surface area contributed by atoms with Crippen molar-refractivity contribution in [3.05, 3.63) is 30.0 Å². The van der Waals surface area contributed by atoms with Gasteiger partial charge in [-0.15, -0.1) is 0 Å². The van der Waals surface area contributed by atoms with Gasteiger partial charge in [-0.25, -0.2) is 0 Å². The molecule has 2 unspecified atom stereocenters. The zero-order chi connectivity index (χ0) is 13.7. The van der Waals surface area contributed by atoms with Gasteiger partial charge >= 0.3 is 0 Å². The minimum atomic E-state index is 0.199. The fourth-order valence-electron chi connectivity index (χ4n) is 2.52. The minimum absolute atomic E-state index is 0.199. The number of benzene rings is 1. The highest BCUT2D eigenvalue weighted by Crippen LogP contribution is 2.27. The summed E-state index contributed by atoms with van der Waals surface area (Å²) in [7, 11) is 1.59. The largest absolute Gasteiger partial charge is 0.508 e. The van der Waals surface area contributed by atoms with E-state index in [4.69, 9.17) is 9.47 Å². The summed E-state index contributed by atoms with van der Waals surface area (Å²) in [5.41, 5.74) is 0.875. The molecule has 3 heteroatoms. The van der Waals surface area contributed by atoms with Crippen LogP contribution in [0.15, 0.2) is 24.5 Å². The van der Waals surface area contributed by atoms with Gasteiger partial charge in [0.15, 0.2) is 0 Å². The van der Waals surface area contributed by atoms with E-state index in [1.165, 1.54) is 19.3 Å². The van der Waals surface area contributed by atoms with E-state index in [0.29, 0.717) is 17.8 Å². The van der Waals surface area contributed by atoms with Crippen molar-refractivity contribution in [1.82, 2.24) is 0 Å². The molecule has 0 saturated heterocycles. The van der Waals surface area contributed by atoms with E-state index >= 15 is 0 Å². The summed E-state index contributed by atoms with van der Waals surface area (Å²) in [6, 6.07) is 5.14. The summed E-state index contributed by atoms with van der Waals surface area (Å²) in [4.78, 5) is 0. The van der Waals surface area contributed by atoms with Gasteiger partial charge in [-0.3, -0.25) is 0 Å². The molecule has 0 bridgehead atoms. The molecule has 3 nitrogen and oxygen atoms in total. The normalized spacial score (nSPS) is 23.5. The zero-order valence-electron chi connectivity index (χ0n) is 11.6. The molecule has 0 radical (unpaired) electrons. The summed E-state index contributed by atoms with van der Waals surface area (Å²) >= 11 is 0. The maximum atomic E-state index is 9.56. The van der Waals surface area contributed by atoms with E-state index in [-0.39, 0.29) is 5.75 Å². The van der Waals surface area contributed by atoms with Gasteiger partial charge in [0.05, 0.1) is 13.4 Å². The second kappa shape index (κ2) is 6.50. The fraction of sp³-hybridized carbons (Fsp3) is 0.500. The minimum Gasteiger partial charge on any atom is -0.508 e. The Hall–Kier alpha value is -1.64. The molecule has 0 spiro atoms. The van der Waals surface area contributed by atoms with Gasteiger partial charge in [-0.1, -0.05) is 13.3 Å². The quantitative estimate of drug-likeness (QED) is 0.834. The number of rotatable bonds is 4. The van der Waals surface area contributed by atoms with Crippen molar-refractivity contribution in [2.75, 3.05) is 7.11 Å². The van der Waals surface area contributed by atoms with Crippen LogP contribution in [0.5, 0.6) is 11.5 Å². The molecule has 19 heavy (non-hydrogen) atoms. The van der Waals surface area contributed by atoms with Crippen LogP contribution in [0.1, 0.15) is 38.2 Å². The lowest BCUT2D eigenvalue weighted by Gasteiger charge is -2.27. The van der Waals surface area contributed by atoms with Crippen molar-refractivity contribution in [1.29, 1.82) is 0 Å². The highest BCUT2D eigenvalue weighted by molar-refractivity contribution is 5.54. The lowest BCUT2D eigenvalue weighted by Crippen LogP contribution is -2.23. The first kappa shape index (κ1) is 13.8. The zero-order valence-corrected chi connectivity index (χ0v) is 11.6. The summed E-state index contributed by atoms with van der Waals surface area (Å²) in [6.45, 7) is 2.25. The lowest BCUT2D eigenvalue weighted by molar-refractivity contribution is 0.0620. The van der Waals surface area contributed by atoms with Crippen LogP contribution in [-0.4, -0.2) is 18.3 Å². The highest BCUT2D eigenvalue weighted by atomic mass is 16.5. The Kier molecular flexibility index (Phi) is 4.72. The van der Waals surface area contributed by atoms with Crippen LogP contribution in [0.4, 0.5) is 0 Å². The van der Waals surface area contributed by atoms with E-state index in [2.05, 4.69) is 6.92 Å². The Balaban J connectivity index is 1.96. The standard InChI is InChI=1S/C16H22O3/c1-12-5-3-4-6-16(12)19-8-7-13-9-14(17)11-15(10-13)18-2/h7-12,16-17H,3-6H2,1-2H3/b8-7+. The maximum Gasteiger partial charge on any atom is 0.123 e. The number of hydrogen-bond donors (Lipinski definition) is 1. The summed E-state index contributed by atoms with van der Waals surface area (Å²) in [6.07, 6.45) is 8.87. The van der Waals surface area contributed by atoms with Gasteiger partial charge in [0, 0.05) is 6.07 Å². The van der Waals surface area contributed by atoms with Gasteiger partial charge in [0.2, 0.25) is 0 Å². The van der Waals surface area contributed by atoms with Gasteiger partial charge < -0.3 is 14.6 Å². The summed E-state index contributed by atoms with van der Waals surface area (Å²) in [5.74, 6) is 1.47. The Morgan fingerprint density at radius 2 is 2.00 bits per heavy atom. The van der Waals surface area contributed by atoms with E-state index in [1.54, 1.807) is 25.5 Å². The van der Waals surface area contributed by atoms with Gasteiger partial charge in [-0.2, -0.15) is 0 Å². The first-order chi connectivity index (χ1) is 9.19. The van der Waals surface area contributed by atoms with Gasteiger partial charge in [0.1, 0.15) is 17.6 Å². The lowest BCUT2D eigenvalue weighted by atomic mass is 9.88. The molecular formula is C16H22O3. The Morgan fingerprint density at radius 1 is 1.21 bits per heavy atom. The summed E-state index contributed by atoms with van der Waals surface area (Å²) < 4.78 is 10.9. The predicted octanol–water partition coefficient (Wildman–Crippen LogP) is 3.97. The molecule has 1 fully saturated rings. The number of aromatic hydroxyl groups is 1. The maximum absolute atomic E-state index is 9.56. The van der Waals surface area contributed by atoms with Crippen molar-refractivity contribution in [2.24, 2.45) is 5.92 Å². The van der Waals surface area contributed by atoms with E-state index in [0.717, 1.165) is 12.0 Å². The molecule has 1 aliphatic rings. The van der Waals surface area contributed by atoms with Gasteiger partial charge in [0.25, 0.3) is 0 Å². The van der Waals surface area contributed by atoms with Crippen LogP contribution in [-0.2, 0) is 4.74 Å². The Morgan fingerprint density at radius 3 is 2.74 bits per heavy atom. The number of ether oxygens (including phenoxy) is 2. The Labute approximate surface area is 114 Å². The third-order valence-electron chi connectivity index (χ3n) is 3.70. The molecular weight excluding hydrogens is 240 g/mol. The highest BCUT2D eigenvalue weighted by Gasteiger charge is 2.21. The molecule has 1 N–H and O–H groups in total. The van der Waals surface area contributed by atoms with Crippen LogP contribution < -0.4 is 4.74 Å². The second-order valence-electron chi connectivity index (χ2n) is 5.20. The first-order valence-electron chi connectivity index (χ1n) is 6.89. The molecule has 104 valence electrons. The molecule has 2 rings (SSSR count). The number of methoxy groups -OCH3 is 1. The average Bonchev–Trinajstić information content (AvgIpc) is 2.40. The molecule has 0 amide bonds. The molecule has 0 heterocycles. The SMILES string of the molecule is COc1cc(O)cc(/C=C/OC2CCCCC2C)c1. The topological polar surface area (TPSA) is 38.7 Å². The molecule has 0 aliphatic heterocycles. The van der Waals surface area contributed by atoms with Crippen molar-refractivity contribution < 1.29 is 14.6 Å². The third kappa shape index (κ3) is 3.91. The number of phenolic OH excluding ortho intramolecular Hbond substituents is 1. The average molecular weight is 262 g/mol. The predicted molar refractivity (Wildman–Crippen MR) is 76.2 cm³/mol. The Bertz CT molecular complexity index is 440. The molecule has 2 atom stereocenters. The number of hydrogen-bond acceptors (Lipinski definition) is 3. The monoisotopic (exact) mass is 262 g/mol. The van der Waals surface area contributed by atoms with E-state index < -0.39 is 0 Å². The van der Waals surface area contributed by atoms with Crippen molar-refractivity contribution in [2.45, 2.75) is 38.7 Å². The molecule has 1 aromatic carbocycles. The number of phenols is 1. The van der Waals surface area contributed by atoms with Crippen molar-refractivity contribution in [3.63, 3.8) is 0 Å². The van der Waals surface area contributed by atoms with Gasteiger partial charge in [-0.05, 0) is 49.0 Å². The van der Waals surface area contributed by atoms with Crippen molar-refractivity contribution in [3.8, 4) is 11.5 Å². The van der Waals surface area contributed by atoms with Crippen LogP contribution in [0.3, 0.4) is 0 Å². The van der Waals surface area contributed by atoms with Crippen LogP contribution in [0.2, 0.25) is 0 Å². The van der Waals surface area contributed by atoms with Crippen molar-refractivity contribution >= 4 is 6.08 Å².